The molecule has 96 heavy (non-hydrogen) atoms. The second-order valence-electron chi connectivity index (χ2n) is 22.5. The molecule has 0 N–H and O–H groups in total. The third kappa shape index (κ3) is 22.1. The number of anilines is 8. The minimum atomic E-state index is -10.7. The summed E-state index contributed by atoms with van der Waals surface area (Å²) in [7, 11) is -21.3. The van der Waals surface area contributed by atoms with E-state index in [2.05, 4.69) is 333 Å². The smallest absolute Gasteiger partial charge is 0.335 e. The van der Waals surface area contributed by atoms with Crippen molar-refractivity contribution in [2.24, 2.45) is 0 Å². The van der Waals surface area contributed by atoms with Crippen molar-refractivity contribution < 1.29 is 95.1 Å². The molecule has 0 fully saturated rings. The van der Waals surface area contributed by atoms with Crippen molar-refractivity contribution in [3.8, 4) is 0 Å². The van der Waals surface area contributed by atoms with Gasteiger partial charge in [-0.05, 0) is 93.0 Å². The second kappa shape index (κ2) is 28.7. The molecule has 0 aromatic heterocycles. The first-order valence-corrected chi connectivity index (χ1v) is 33.6. The van der Waals surface area contributed by atoms with E-state index in [1.165, 1.54) is 90.0 Å². The topological polar surface area (TPSA) is 25.9 Å². The third-order valence-corrected chi connectivity index (χ3v) is 14.9. The van der Waals surface area contributed by atoms with Crippen LogP contribution in [0.3, 0.4) is 0 Å². The summed E-state index contributed by atoms with van der Waals surface area (Å²) in [5.41, 5.74) is 19.7. The summed E-state index contributed by atoms with van der Waals surface area (Å²) >= 11 is 0. The maximum atomic E-state index is 9.87. The van der Waals surface area contributed by atoms with Gasteiger partial charge in [0.25, 0.3) is 0 Å². The van der Waals surface area contributed by atoms with Crippen LogP contribution in [0.5, 0.6) is 0 Å². The molecule has 4 aliphatic rings. The van der Waals surface area contributed by atoms with E-state index in [-0.39, 0.29) is 44.8 Å². The molecule has 0 bridgehead atoms. The predicted octanol–water partition coefficient (Wildman–Crippen LogP) is 22.2. The Kier molecular flexibility index (Phi) is 21.6. The van der Waals surface area contributed by atoms with Crippen LogP contribution in [-0.2, 0) is 97.1 Å². The van der Waals surface area contributed by atoms with Gasteiger partial charge in [0.05, 0.1) is 45.5 Å². The van der Waals surface area contributed by atoms with Crippen LogP contribution in [0.15, 0.2) is 267 Å². The van der Waals surface area contributed by atoms with Crippen molar-refractivity contribution in [2.45, 2.75) is 52.4 Å². The monoisotopic (exact) mass is 1540 g/mol. The molecule has 10 aromatic rings. The molecule has 0 spiro atoms. The van der Waals surface area contributed by atoms with Crippen molar-refractivity contribution in [3.05, 3.63) is 338 Å². The van der Waals surface area contributed by atoms with Crippen molar-refractivity contribution in [3.63, 3.8) is 0 Å². The van der Waals surface area contributed by atoms with Crippen LogP contribution in [-0.4, -0.2) is 0 Å². The summed E-state index contributed by atoms with van der Waals surface area (Å²) in [5, 5.41) is 0. The van der Waals surface area contributed by atoms with E-state index < -0.39 is 15.6 Å². The molecule has 4 heterocycles. The third-order valence-electron chi connectivity index (χ3n) is 14.9. The van der Waals surface area contributed by atoms with Gasteiger partial charge < -0.3 is 39.2 Å². The number of nitrogens with zero attached hydrogens (tertiary/aromatic N) is 8. The Morgan fingerprint density at radius 1 is 0.188 bits per heavy atom. The summed E-state index contributed by atoms with van der Waals surface area (Å²) < 4.78 is 118. The Hall–Kier alpha value is -7.90. The van der Waals surface area contributed by atoms with Crippen LogP contribution in [0, 0.1) is 26.7 Å². The molecular formula is C72H60Ag2F12N8P2. The Labute approximate surface area is 582 Å². The largest absolute Gasteiger partial charge is 1.00 e. The molecule has 0 aliphatic carbocycles. The molecule has 0 saturated carbocycles. The van der Waals surface area contributed by atoms with E-state index in [0.29, 0.717) is 0 Å². The summed E-state index contributed by atoms with van der Waals surface area (Å²) in [5.74, 6) is 0. The van der Waals surface area contributed by atoms with Gasteiger partial charge in [0.2, 0.25) is 26.7 Å². The van der Waals surface area contributed by atoms with Gasteiger partial charge in [0, 0.05) is 52.4 Å². The summed E-state index contributed by atoms with van der Waals surface area (Å²) in [6, 6.07) is 94.4. The Bertz CT molecular complexity index is 3670. The normalized spacial score (nSPS) is 15.0. The van der Waals surface area contributed by atoms with Gasteiger partial charge in [0.15, 0.2) is 0 Å². The average molecular weight is 1540 g/mol. The van der Waals surface area contributed by atoms with E-state index in [1.807, 2.05) is 0 Å². The fraction of sp³-hybridized carbons (Fsp3) is 0.111. The van der Waals surface area contributed by atoms with Crippen LogP contribution in [0.4, 0.5) is 95.9 Å². The molecule has 0 saturated heterocycles. The molecule has 4 aliphatic heterocycles. The Balaban J connectivity index is 0.000000185. The van der Waals surface area contributed by atoms with Crippen LogP contribution in [0.1, 0.15) is 44.5 Å². The molecule has 0 amide bonds. The summed E-state index contributed by atoms with van der Waals surface area (Å²) in [4.78, 5) is 17.8. The molecular weight excluding hydrogens is 1480 g/mol. The number of hydrogen-bond donors (Lipinski definition) is 0. The van der Waals surface area contributed by atoms with Crippen molar-refractivity contribution in [2.75, 3.05) is 39.2 Å². The Morgan fingerprint density at radius 2 is 0.312 bits per heavy atom. The van der Waals surface area contributed by atoms with E-state index in [0.717, 1.165) is 52.4 Å². The van der Waals surface area contributed by atoms with Gasteiger partial charge in [0.1, 0.15) is 0 Å². The zero-order valence-corrected chi connectivity index (χ0v) is 55.4. The minimum Gasteiger partial charge on any atom is -0.335 e. The van der Waals surface area contributed by atoms with Crippen LogP contribution in [0.25, 0.3) is 0 Å². The molecule has 0 atom stereocenters. The Morgan fingerprint density at radius 3 is 0.469 bits per heavy atom. The summed E-state index contributed by atoms with van der Waals surface area (Å²) in [6.07, 6.45) is 0. The number of hydrogen-bond acceptors (Lipinski definition) is 8. The maximum absolute atomic E-state index is 10.7. The SMILES string of the molecule is F[P-](F)(F)(F)(F)F.F[P-](F)(F)(F)(F)F.[Ag+].[Ag+].[C]1N(Cc2ccccc2)c2ccccc2N1Cc1cccc(CN2[C]N(Cc3ccccc3)c3ccccc32)c1.[C]1N(Cc2ccccc2)c2ccccc2N1Cc1cccc(CN2[C]N(Cc3ccccc3)c3ccccc32)c1. The zero-order valence-electron chi connectivity index (χ0n) is 50.7. The van der Waals surface area contributed by atoms with Gasteiger partial charge >= 0.3 is 111 Å². The van der Waals surface area contributed by atoms with Crippen molar-refractivity contribution in [1.82, 2.24) is 0 Å². The first-order chi connectivity index (χ1) is 44.5. The zero-order chi connectivity index (χ0) is 66.3. The number of rotatable bonds is 16. The van der Waals surface area contributed by atoms with Gasteiger partial charge in [-0.2, -0.15) is 0 Å². The van der Waals surface area contributed by atoms with Gasteiger partial charge in [-0.25, -0.2) is 0 Å². The summed E-state index contributed by atoms with van der Waals surface area (Å²) in [6.45, 7) is 20.8. The van der Waals surface area contributed by atoms with E-state index >= 15 is 0 Å². The first-order valence-electron chi connectivity index (χ1n) is 29.6. The predicted molar refractivity (Wildman–Crippen MR) is 354 cm³/mol. The quantitative estimate of drug-likeness (QED) is 0.0536. The fourth-order valence-electron chi connectivity index (χ4n) is 11.1. The molecule has 0 unspecified atom stereocenters. The van der Waals surface area contributed by atoms with Gasteiger partial charge in [-0.1, -0.05) is 218 Å². The van der Waals surface area contributed by atoms with Gasteiger partial charge in [-0.3, -0.25) is 0 Å². The number of benzene rings is 10. The van der Waals surface area contributed by atoms with Crippen LogP contribution in [0.2, 0.25) is 0 Å². The molecule has 14 rings (SSSR count). The average Bonchev–Trinajstić information content (AvgIpc) is 1.80. The molecule has 24 heteroatoms. The number of halogens is 12. The van der Waals surface area contributed by atoms with E-state index in [4.69, 9.17) is 0 Å². The molecule has 504 valence electrons. The first kappa shape index (κ1) is 72.4. The molecule has 8 radical (unpaired) electrons. The molecule has 8 nitrogen and oxygen atoms in total. The van der Waals surface area contributed by atoms with E-state index in [1.54, 1.807) is 0 Å². The van der Waals surface area contributed by atoms with Crippen molar-refractivity contribution >= 4 is 61.1 Å². The van der Waals surface area contributed by atoms with Crippen LogP contribution < -0.4 is 39.2 Å². The van der Waals surface area contributed by atoms with Gasteiger partial charge in [-0.15, -0.1) is 0 Å². The fourth-order valence-corrected chi connectivity index (χ4v) is 11.1. The second-order valence-corrected chi connectivity index (χ2v) is 26.4. The standard InChI is InChI=1S/2C36H30N4.2Ag.2F6P/c2*1-3-12-29(13-4-1)23-37-27-39(35-20-9-7-18-33(35)37)25-31-16-11-17-32(22-31)26-40-28-38(24-30-14-5-2-6-15-30)34-19-8-10-21-36(34)40;;;2*1-7(2,3,4,5)6/h2*1-22H,23-26H2;;;;/q;;2*+1;2*-1. The molecule has 10 aromatic carbocycles. The van der Waals surface area contributed by atoms with Crippen molar-refractivity contribution in [1.29, 1.82) is 0 Å². The van der Waals surface area contributed by atoms with E-state index in [9.17, 15) is 50.4 Å². The minimum absolute atomic E-state index is 0. The number of fused-ring (bicyclic) bond motifs is 4. The number of para-hydroxylation sites is 8. The maximum Gasteiger partial charge on any atom is 1.00 e. The van der Waals surface area contributed by atoms with Crippen LogP contribution >= 0.6 is 15.6 Å².